The minimum atomic E-state index is 0.562. The van der Waals surface area contributed by atoms with E-state index < -0.39 is 0 Å². The maximum atomic E-state index is 4.19. The number of nitrogens with zero attached hydrogens (tertiary/aromatic N) is 4. The van der Waals surface area contributed by atoms with E-state index in [0.29, 0.717) is 12.0 Å². The summed E-state index contributed by atoms with van der Waals surface area (Å²) >= 11 is 0. The van der Waals surface area contributed by atoms with Crippen LogP contribution >= 0.6 is 0 Å². The van der Waals surface area contributed by atoms with Crippen molar-refractivity contribution in [3.05, 3.63) is 5.82 Å². The van der Waals surface area contributed by atoms with E-state index in [9.17, 15) is 0 Å². The van der Waals surface area contributed by atoms with E-state index in [1.807, 2.05) is 0 Å². The molecule has 0 saturated heterocycles. The molecule has 0 fully saturated rings. The van der Waals surface area contributed by atoms with Gasteiger partial charge in [-0.3, -0.25) is 0 Å². The van der Waals surface area contributed by atoms with Crippen LogP contribution in [0.2, 0.25) is 0 Å². The standard InChI is InChI=1S/C11H23N5/c1-5-6-12-10(3)7-9(2)8-11-13-15-16(4)14-11/h9-10,12H,5-8H2,1-4H3. The quantitative estimate of drug-likeness (QED) is 0.756. The zero-order valence-electron chi connectivity index (χ0n) is 10.8. The number of rotatable bonds is 7. The number of aromatic nitrogens is 4. The molecule has 1 heterocycles. The highest BCUT2D eigenvalue weighted by Gasteiger charge is 2.11. The molecular weight excluding hydrogens is 202 g/mol. The van der Waals surface area contributed by atoms with E-state index in [4.69, 9.17) is 0 Å². The van der Waals surface area contributed by atoms with Crippen LogP contribution < -0.4 is 5.32 Å². The van der Waals surface area contributed by atoms with Crippen LogP contribution in [0.15, 0.2) is 0 Å². The van der Waals surface area contributed by atoms with Gasteiger partial charge in [-0.05, 0) is 37.4 Å². The first-order valence-corrected chi connectivity index (χ1v) is 6.08. The maximum absolute atomic E-state index is 4.19. The normalized spacial score (nSPS) is 15.0. The molecule has 0 spiro atoms. The van der Waals surface area contributed by atoms with Crippen LogP contribution in [0, 0.1) is 5.92 Å². The first kappa shape index (κ1) is 13.1. The van der Waals surface area contributed by atoms with Crippen molar-refractivity contribution in [1.29, 1.82) is 0 Å². The lowest BCUT2D eigenvalue weighted by Crippen LogP contribution is -2.28. The van der Waals surface area contributed by atoms with Crippen molar-refractivity contribution in [3.63, 3.8) is 0 Å². The summed E-state index contributed by atoms with van der Waals surface area (Å²) in [5.41, 5.74) is 0. The van der Waals surface area contributed by atoms with Crippen molar-refractivity contribution < 1.29 is 0 Å². The van der Waals surface area contributed by atoms with Crippen LogP contribution in [0.4, 0.5) is 0 Å². The summed E-state index contributed by atoms with van der Waals surface area (Å²) in [4.78, 5) is 1.51. The summed E-state index contributed by atoms with van der Waals surface area (Å²) in [6, 6.07) is 0.562. The van der Waals surface area contributed by atoms with Crippen molar-refractivity contribution in [2.24, 2.45) is 13.0 Å². The van der Waals surface area contributed by atoms with Gasteiger partial charge in [0.05, 0.1) is 7.05 Å². The van der Waals surface area contributed by atoms with Crippen LogP contribution in [-0.2, 0) is 13.5 Å². The summed E-state index contributed by atoms with van der Waals surface area (Å²) in [6.07, 6.45) is 3.24. The molecule has 0 aliphatic carbocycles. The third-order valence-electron chi connectivity index (χ3n) is 2.58. The molecule has 0 aliphatic rings. The predicted molar refractivity (Wildman–Crippen MR) is 64.0 cm³/mol. The topological polar surface area (TPSA) is 55.6 Å². The Morgan fingerprint density at radius 1 is 1.38 bits per heavy atom. The van der Waals surface area contributed by atoms with Crippen LogP contribution in [0.3, 0.4) is 0 Å². The second-order valence-electron chi connectivity index (χ2n) is 4.60. The molecule has 0 radical (unpaired) electrons. The van der Waals surface area contributed by atoms with Crippen molar-refractivity contribution in [2.45, 2.75) is 46.1 Å². The SMILES string of the molecule is CCCNC(C)CC(C)Cc1nnn(C)n1. The van der Waals surface area contributed by atoms with Crippen LogP contribution in [0.5, 0.6) is 0 Å². The Labute approximate surface area is 97.6 Å². The molecule has 1 aromatic heterocycles. The van der Waals surface area contributed by atoms with Crippen LogP contribution in [-0.4, -0.2) is 32.8 Å². The third kappa shape index (κ3) is 4.70. The van der Waals surface area contributed by atoms with E-state index in [1.165, 1.54) is 11.2 Å². The highest BCUT2D eigenvalue weighted by Crippen LogP contribution is 2.10. The van der Waals surface area contributed by atoms with Crippen molar-refractivity contribution in [1.82, 2.24) is 25.5 Å². The molecule has 5 nitrogen and oxygen atoms in total. The lowest BCUT2D eigenvalue weighted by molar-refractivity contribution is 0.414. The Morgan fingerprint density at radius 2 is 2.12 bits per heavy atom. The first-order chi connectivity index (χ1) is 7.61. The molecule has 5 heteroatoms. The van der Waals surface area contributed by atoms with Crippen molar-refractivity contribution >= 4 is 0 Å². The molecule has 0 saturated carbocycles. The molecule has 1 rings (SSSR count). The first-order valence-electron chi connectivity index (χ1n) is 6.08. The smallest absolute Gasteiger partial charge is 0.175 e. The Kier molecular flexibility index (Phi) is 5.38. The molecule has 0 aliphatic heterocycles. The fourth-order valence-corrected chi connectivity index (χ4v) is 1.88. The Bertz CT molecular complexity index is 296. The summed E-state index contributed by atoms with van der Waals surface area (Å²) < 4.78 is 0. The van der Waals surface area contributed by atoms with E-state index in [-0.39, 0.29) is 0 Å². The molecule has 0 bridgehead atoms. The minimum absolute atomic E-state index is 0.562. The van der Waals surface area contributed by atoms with Gasteiger partial charge in [0.2, 0.25) is 0 Å². The van der Waals surface area contributed by atoms with Gasteiger partial charge >= 0.3 is 0 Å². The van der Waals surface area contributed by atoms with Gasteiger partial charge in [-0.25, -0.2) is 0 Å². The molecule has 2 atom stereocenters. The highest BCUT2D eigenvalue weighted by atomic mass is 15.6. The summed E-state index contributed by atoms with van der Waals surface area (Å²) in [5, 5.41) is 15.5. The van der Waals surface area contributed by atoms with Crippen molar-refractivity contribution in [3.8, 4) is 0 Å². The molecule has 1 N–H and O–H groups in total. The lowest BCUT2D eigenvalue weighted by Gasteiger charge is -2.17. The van der Waals surface area contributed by atoms with E-state index in [1.54, 1.807) is 7.05 Å². The second-order valence-corrected chi connectivity index (χ2v) is 4.60. The average molecular weight is 225 g/mol. The van der Waals surface area contributed by atoms with Crippen molar-refractivity contribution in [2.75, 3.05) is 6.54 Å². The molecular formula is C11H23N5. The fraction of sp³-hybridized carbons (Fsp3) is 0.909. The number of hydrogen-bond acceptors (Lipinski definition) is 4. The van der Waals surface area contributed by atoms with Gasteiger partial charge in [0.25, 0.3) is 0 Å². The largest absolute Gasteiger partial charge is 0.314 e. The lowest BCUT2D eigenvalue weighted by atomic mass is 9.99. The molecule has 2 unspecified atom stereocenters. The summed E-state index contributed by atoms with van der Waals surface area (Å²) in [7, 11) is 1.80. The predicted octanol–water partition coefficient (Wildman–Crippen LogP) is 1.17. The van der Waals surface area contributed by atoms with Gasteiger partial charge in [0.15, 0.2) is 5.82 Å². The Hall–Kier alpha value is -0.970. The average Bonchev–Trinajstić information content (AvgIpc) is 2.60. The second kappa shape index (κ2) is 6.58. The molecule has 1 aromatic rings. The Morgan fingerprint density at radius 3 is 2.69 bits per heavy atom. The number of tetrazole rings is 1. The summed E-state index contributed by atoms with van der Waals surface area (Å²) in [5.74, 6) is 1.43. The van der Waals surface area contributed by atoms with Gasteiger partial charge < -0.3 is 5.32 Å². The van der Waals surface area contributed by atoms with Crippen LogP contribution in [0.1, 0.15) is 39.4 Å². The monoisotopic (exact) mass is 225 g/mol. The molecule has 92 valence electrons. The number of nitrogens with one attached hydrogen (secondary N) is 1. The van der Waals surface area contributed by atoms with Gasteiger partial charge in [0, 0.05) is 12.5 Å². The summed E-state index contributed by atoms with van der Waals surface area (Å²) in [6.45, 7) is 7.75. The maximum Gasteiger partial charge on any atom is 0.175 e. The van der Waals surface area contributed by atoms with Crippen LogP contribution in [0.25, 0.3) is 0 Å². The van der Waals surface area contributed by atoms with E-state index in [2.05, 4.69) is 41.5 Å². The zero-order valence-corrected chi connectivity index (χ0v) is 10.8. The minimum Gasteiger partial charge on any atom is -0.314 e. The van der Waals surface area contributed by atoms with Gasteiger partial charge in [-0.2, -0.15) is 4.80 Å². The fourth-order valence-electron chi connectivity index (χ4n) is 1.88. The molecule has 0 amide bonds. The molecule has 0 aromatic carbocycles. The van der Waals surface area contributed by atoms with E-state index >= 15 is 0 Å². The van der Waals surface area contributed by atoms with Gasteiger partial charge in [0.1, 0.15) is 0 Å². The highest BCUT2D eigenvalue weighted by molar-refractivity contribution is 4.80. The van der Waals surface area contributed by atoms with Gasteiger partial charge in [-0.1, -0.05) is 13.8 Å². The Balaban J connectivity index is 2.27. The number of aryl methyl sites for hydroxylation is 1. The number of hydrogen-bond donors (Lipinski definition) is 1. The van der Waals surface area contributed by atoms with Gasteiger partial charge in [-0.15, -0.1) is 10.2 Å². The van der Waals surface area contributed by atoms with E-state index in [0.717, 1.165) is 25.2 Å². The third-order valence-corrected chi connectivity index (χ3v) is 2.58. The zero-order chi connectivity index (χ0) is 12.0. The molecule has 16 heavy (non-hydrogen) atoms.